The van der Waals surface area contributed by atoms with Crippen molar-refractivity contribution < 1.29 is 9.63 Å². The fourth-order valence-electron chi connectivity index (χ4n) is 2.76. The smallest absolute Gasteiger partial charge is 0.222 e. The minimum absolute atomic E-state index is 0.381. The molecular formula is C20H18N6O2. The molecule has 0 aliphatic carbocycles. The first-order valence-electron chi connectivity index (χ1n) is 8.65. The van der Waals surface area contributed by atoms with Gasteiger partial charge in [0.2, 0.25) is 5.95 Å². The van der Waals surface area contributed by atoms with Crippen LogP contribution in [0.25, 0.3) is 22.3 Å². The van der Waals surface area contributed by atoms with Gasteiger partial charge in [0.25, 0.3) is 0 Å². The molecule has 0 saturated carbocycles. The first kappa shape index (κ1) is 17.7. The van der Waals surface area contributed by atoms with Crippen molar-refractivity contribution in [3.63, 3.8) is 0 Å². The lowest BCUT2D eigenvalue weighted by Gasteiger charge is -2.11. The lowest BCUT2D eigenvalue weighted by molar-refractivity contribution is 0.112. The summed E-state index contributed by atoms with van der Waals surface area (Å²) in [5, 5.41) is 25.6. The lowest BCUT2D eigenvalue weighted by atomic mass is 10.0. The van der Waals surface area contributed by atoms with Gasteiger partial charge in [-0.1, -0.05) is 17.0 Å². The van der Waals surface area contributed by atoms with Crippen LogP contribution in [0.3, 0.4) is 0 Å². The second-order valence-electron chi connectivity index (χ2n) is 6.49. The van der Waals surface area contributed by atoms with Crippen molar-refractivity contribution in [2.24, 2.45) is 0 Å². The average molecular weight is 374 g/mol. The van der Waals surface area contributed by atoms with Gasteiger partial charge in [0.1, 0.15) is 17.1 Å². The minimum Gasteiger partial charge on any atom is -0.372 e. The summed E-state index contributed by atoms with van der Waals surface area (Å²) < 4.78 is 5.02. The summed E-state index contributed by atoms with van der Waals surface area (Å²) in [7, 11) is 1.77. The minimum atomic E-state index is -1.41. The van der Waals surface area contributed by atoms with Gasteiger partial charge in [0, 0.05) is 30.3 Å². The number of aryl methyl sites for hydroxylation is 1. The Morgan fingerprint density at radius 2 is 2.11 bits per heavy atom. The number of aromatic amines is 1. The van der Waals surface area contributed by atoms with Crippen LogP contribution in [-0.2, 0) is 5.60 Å². The number of fused-ring (bicyclic) bond motifs is 1. The van der Waals surface area contributed by atoms with Crippen LogP contribution in [0.1, 0.15) is 23.9 Å². The summed E-state index contributed by atoms with van der Waals surface area (Å²) >= 11 is 0. The number of benzene rings is 1. The molecule has 3 aromatic heterocycles. The van der Waals surface area contributed by atoms with Gasteiger partial charge in [-0.2, -0.15) is 5.10 Å². The Morgan fingerprint density at radius 1 is 1.25 bits per heavy atom. The number of hydrogen-bond donors (Lipinski definition) is 3. The maximum absolute atomic E-state index is 10.5. The molecule has 0 bridgehead atoms. The molecule has 28 heavy (non-hydrogen) atoms. The average Bonchev–Trinajstić information content (AvgIpc) is 3.33. The topological polar surface area (TPSA) is 113 Å². The van der Waals surface area contributed by atoms with Crippen molar-refractivity contribution in [3.8, 4) is 23.2 Å². The van der Waals surface area contributed by atoms with Crippen molar-refractivity contribution in [3.05, 3.63) is 53.5 Å². The maximum Gasteiger partial charge on any atom is 0.222 e. The van der Waals surface area contributed by atoms with E-state index in [0.29, 0.717) is 23.1 Å². The molecule has 0 amide bonds. The molecule has 4 aromatic rings. The van der Waals surface area contributed by atoms with Crippen molar-refractivity contribution in [1.82, 2.24) is 25.3 Å². The molecule has 8 heteroatoms. The van der Waals surface area contributed by atoms with Crippen LogP contribution in [0.4, 0.5) is 5.95 Å². The molecule has 1 atom stereocenters. The highest BCUT2D eigenvalue weighted by Crippen LogP contribution is 2.26. The summed E-state index contributed by atoms with van der Waals surface area (Å²) in [6.07, 6.45) is 1.68. The molecule has 8 nitrogen and oxygen atoms in total. The van der Waals surface area contributed by atoms with Crippen LogP contribution < -0.4 is 5.32 Å². The lowest BCUT2D eigenvalue weighted by Crippen LogP contribution is -2.18. The molecule has 3 N–H and O–H groups in total. The predicted octanol–water partition coefficient (Wildman–Crippen LogP) is 2.62. The van der Waals surface area contributed by atoms with E-state index in [4.69, 9.17) is 4.52 Å². The number of nitrogens with one attached hydrogen (secondary N) is 2. The zero-order valence-corrected chi connectivity index (χ0v) is 15.6. The number of rotatable bonds is 3. The summed E-state index contributed by atoms with van der Waals surface area (Å²) in [6, 6.07) is 9.15. The molecular weight excluding hydrogens is 356 g/mol. The van der Waals surface area contributed by atoms with Gasteiger partial charge in [-0.15, -0.1) is 0 Å². The Labute approximate surface area is 161 Å². The zero-order chi connectivity index (χ0) is 19.7. The number of anilines is 1. The van der Waals surface area contributed by atoms with Gasteiger partial charge in [0.05, 0.1) is 11.2 Å². The molecule has 1 aromatic carbocycles. The quantitative estimate of drug-likeness (QED) is 0.473. The number of nitrogens with zero attached hydrogens (tertiary/aromatic N) is 4. The first-order valence-corrected chi connectivity index (χ1v) is 8.65. The van der Waals surface area contributed by atoms with E-state index in [-0.39, 0.29) is 0 Å². The standard InChI is InChI=1S/C20H18N6O2/c1-12-10-17(26-28-12)20(2,27)8-6-13-4-5-14-16(11-13)24-25-18(14)15-7-9-22-19(21-3)23-15/h4-5,7,9-11,27H,1-3H3,(H,24,25)(H,21,22,23)/t20-/m1/s1. The normalized spacial score (nSPS) is 13.0. The first-order chi connectivity index (χ1) is 13.5. The van der Waals surface area contributed by atoms with E-state index in [0.717, 1.165) is 22.2 Å². The number of aliphatic hydroxyl groups is 1. The van der Waals surface area contributed by atoms with Crippen LogP contribution in [0.15, 0.2) is 41.1 Å². The van der Waals surface area contributed by atoms with Gasteiger partial charge in [0.15, 0.2) is 5.60 Å². The molecule has 0 radical (unpaired) electrons. The van der Waals surface area contributed by atoms with E-state index < -0.39 is 5.60 Å². The number of H-pyrrole nitrogens is 1. The van der Waals surface area contributed by atoms with E-state index in [2.05, 4.69) is 42.5 Å². The molecule has 0 fully saturated rings. The van der Waals surface area contributed by atoms with Crippen molar-refractivity contribution in [2.75, 3.05) is 12.4 Å². The number of hydrogen-bond acceptors (Lipinski definition) is 7. The molecule has 0 saturated heterocycles. The van der Waals surface area contributed by atoms with E-state index in [9.17, 15) is 5.11 Å². The highest BCUT2D eigenvalue weighted by atomic mass is 16.5. The van der Waals surface area contributed by atoms with Crippen LogP contribution in [0.5, 0.6) is 0 Å². The molecule has 4 rings (SSSR count). The van der Waals surface area contributed by atoms with Crippen LogP contribution in [-0.4, -0.2) is 37.5 Å². The second-order valence-corrected chi connectivity index (χ2v) is 6.49. The molecule has 140 valence electrons. The van der Waals surface area contributed by atoms with Crippen LogP contribution >= 0.6 is 0 Å². The third-order valence-corrected chi connectivity index (χ3v) is 4.26. The fraction of sp³-hybridized carbons (Fsp3) is 0.200. The Kier molecular flexibility index (Phi) is 4.29. The highest BCUT2D eigenvalue weighted by molar-refractivity contribution is 5.92. The van der Waals surface area contributed by atoms with Gasteiger partial charge < -0.3 is 14.9 Å². The van der Waals surface area contributed by atoms with E-state index >= 15 is 0 Å². The maximum atomic E-state index is 10.5. The van der Waals surface area contributed by atoms with Crippen molar-refractivity contribution in [1.29, 1.82) is 0 Å². The molecule has 0 unspecified atom stereocenters. The van der Waals surface area contributed by atoms with Crippen molar-refractivity contribution >= 4 is 16.9 Å². The van der Waals surface area contributed by atoms with Crippen LogP contribution in [0, 0.1) is 18.8 Å². The van der Waals surface area contributed by atoms with Crippen molar-refractivity contribution in [2.45, 2.75) is 19.4 Å². The van der Waals surface area contributed by atoms with Gasteiger partial charge in [-0.05, 0) is 38.1 Å². The summed E-state index contributed by atoms with van der Waals surface area (Å²) in [6.45, 7) is 3.35. The highest BCUT2D eigenvalue weighted by Gasteiger charge is 2.24. The summed E-state index contributed by atoms with van der Waals surface area (Å²) in [5.41, 5.74) is 1.99. The Balaban J connectivity index is 1.67. The van der Waals surface area contributed by atoms with Gasteiger partial charge >= 0.3 is 0 Å². The van der Waals surface area contributed by atoms with Gasteiger partial charge in [-0.25, -0.2) is 9.97 Å². The Hall–Kier alpha value is -3.70. The monoisotopic (exact) mass is 374 g/mol. The molecule has 0 aliphatic rings. The van der Waals surface area contributed by atoms with Crippen LogP contribution in [0.2, 0.25) is 0 Å². The van der Waals surface area contributed by atoms with E-state index in [1.807, 2.05) is 18.2 Å². The van der Waals surface area contributed by atoms with E-state index in [1.165, 1.54) is 0 Å². The largest absolute Gasteiger partial charge is 0.372 e. The Bertz CT molecular complexity index is 1210. The summed E-state index contributed by atoms with van der Waals surface area (Å²) in [4.78, 5) is 8.55. The second kappa shape index (κ2) is 6.79. The fourth-order valence-corrected chi connectivity index (χ4v) is 2.76. The molecule has 0 aliphatic heterocycles. The Morgan fingerprint density at radius 3 is 2.86 bits per heavy atom. The predicted molar refractivity (Wildman–Crippen MR) is 104 cm³/mol. The molecule has 3 heterocycles. The SMILES string of the molecule is CNc1nccc(-c2n[nH]c3cc(C#C[C@@](C)(O)c4cc(C)on4)ccc23)n1. The number of aromatic nitrogens is 5. The summed E-state index contributed by atoms with van der Waals surface area (Å²) in [5.74, 6) is 6.98. The third kappa shape index (κ3) is 3.31. The molecule has 0 spiro atoms. The third-order valence-electron chi connectivity index (χ3n) is 4.26. The zero-order valence-electron chi connectivity index (χ0n) is 15.6. The van der Waals surface area contributed by atoms with Gasteiger partial charge in [-0.3, -0.25) is 5.10 Å². The van der Waals surface area contributed by atoms with E-state index in [1.54, 1.807) is 39.2 Å².